The third kappa shape index (κ3) is 2.07. The second kappa shape index (κ2) is 4.34. The van der Waals surface area contributed by atoms with Crippen LogP contribution in [0.15, 0.2) is 24.3 Å². The zero-order valence-corrected chi connectivity index (χ0v) is 11.1. The molecule has 18 heavy (non-hydrogen) atoms. The van der Waals surface area contributed by atoms with Crippen molar-refractivity contribution in [2.45, 2.75) is 44.4 Å². The lowest BCUT2D eigenvalue weighted by Gasteiger charge is -2.49. The Hall–Kier alpha value is -0.890. The van der Waals surface area contributed by atoms with Crippen molar-refractivity contribution in [1.82, 2.24) is 5.32 Å². The molecule has 0 aromatic heterocycles. The number of hydrogen-bond donors (Lipinski definition) is 1. The summed E-state index contributed by atoms with van der Waals surface area (Å²) < 4.78 is 13.1. The maximum Gasteiger partial charge on any atom is 0.123 e. The van der Waals surface area contributed by atoms with Gasteiger partial charge in [0.05, 0.1) is 0 Å². The van der Waals surface area contributed by atoms with E-state index in [2.05, 4.69) is 12.2 Å². The first-order valence-corrected chi connectivity index (χ1v) is 7.15. The van der Waals surface area contributed by atoms with Crippen LogP contribution in [-0.2, 0) is 5.41 Å². The van der Waals surface area contributed by atoms with Crippen molar-refractivity contribution >= 4 is 0 Å². The standard InChI is InChI=1S/C16H22FN/c1-2-9-18-12-16(10-15(11-16)7-8-15)13-3-5-14(17)6-4-13/h3-6,18H,2,7-12H2,1H3. The van der Waals surface area contributed by atoms with Gasteiger partial charge >= 0.3 is 0 Å². The Morgan fingerprint density at radius 2 is 1.83 bits per heavy atom. The van der Waals surface area contributed by atoms with Gasteiger partial charge in [0.2, 0.25) is 0 Å². The molecule has 0 bridgehead atoms. The highest BCUT2D eigenvalue weighted by molar-refractivity contribution is 5.33. The van der Waals surface area contributed by atoms with Crippen LogP contribution >= 0.6 is 0 Å². The van der Waals surface area contributed by atoms with E-state index in [1.54, 1.807) is 12.1 Å². The molecule has 1 aromatic carbocycles. The lowest BCUT2D eigenvalue weighted by atomic mass is 9.56. The Bertz CT molecular complexity index is 411. The summed E-state index contributed by atoms with van der Waals surface area (Å²) in [5.74, 6) is -0.129. The predicted molar refractivity (Wildman–Crippen MR) is 72.1 cm³/mol. The van der Waals surface area contributed by atoms with Crippen molar-refractivity contribution < 1.29 is 4.39 Å². The van der Waals surface area contributed by atoms with E-state index >= 15 is 0 Å². The zero-order chi connectivity index (χ0) is 12.6. The zero-order valence-electron chi connectivity index (χ0n) is 11.1. The molecule has 0 atom stereocenters. The summed E-state index contributed by atoms with van der Waals surface area (Å²) in [6.07, 6.45) is 6.57. The van der Waals surface area contributed by atoms with Gasteiger partial charge in [-0.1, -0.05) is 19.1 Å². The SMILES string of the molecule is CCCNCC1(c2ccc(F)cc2)CC2(CC2)C1. The van der Waals surface area contributed by atoms with Crippen molar-refractivity contribution in [1.29, 1.82) is 0 Å². The van der Waals surface area contributed by atoms with E-state index in [9.17, 15) is 4.39 Å². The molecule has 1 N–H and O–H groups in total. The Kier molecular flexibility index (Phi) is 2.93. The van der Waals surface area contributed by atoms with Crippen LogP contribution in [0.4, 0.5) is 4.39 Å². The quantitative estimate of drug-likeness (QED) is 0.783. The Morgan fingerprint density at radius 3 is 2.39 bits per heavy atom. The van der Waals surface area contributed by atoms with Crippen molar-refractivity contribution in [3.63, 3.8) is 0 Å². The van der Waals surface area contributed by atoms with Gasteiger partial charge in [-0.3, -0.25) is 0 Å². The van der Waals surface area contributed by atoms with E-state index in [1.165, 1.54) is 37.7 Å². The molecular formula is C16H22FN. The first kappa shape index (κ1) is 12.2. The Balaban J connectivity index is 1.75. The fourth-order valence-electron chi connectivity index (χ4n) is 3.65. The van der Waals surface area contributed by atoms with Crippen LogP contribution in [0.5, 0.6) is 0 Å². The van der Waals surface area contributed by atoms with Gasteiger partial charge in [-0.15, -0.1) is 0 Å². The molecule has 2 heteroatoms. The van der Waals surface area contributed by atoms with Gasteiger partial charge in [-0.2, -0.15) is 0 Å². The van der Waals surface area contributed by atoms with Gasteiger partial charge < -0.3 is 5.32 Å². The summed E-state index contributed by atoms with van der Waals surface area (Å²) in [4.78, 5) is 0. The van der Waals surface area contributed by atoms with Crippen LogP contribution in [0.25, 0.3) is 0 Å². The molecule has 1 spiro atoms. The minimum absolute atomic E-state index is 0.129. The molecule has 1 nitrogen and oxygen atoms in total. The highest BCUT2D eigenvalue weighted by atomic mass is 19.1. The second-order valence-corrected chi connectivity index (χ2v) is 6.32. The smallest absolute Gasteiger partial charge is 0.123 e. The van der Waals surface area contributed by atoms with Crippen LogP contribution in [0.2, 0.25) is 0 Å². The molecule has 0 aliphatic heterocycles. The molecule has 0 amide bonds. The van der Waals surface area contributed by atoms with E-state index in [4.69, 9.17) is 0 Å². The Morgan fingerprint density at radius 1 is 1.17 bits per heavy atom. The summed E-state index contributed by atoms with van der Waals surface area (Å²) in [7, 11) is 0. The van der Waals surface area contributed by atoms with Crippen molar-refractivity contribution in [3.8, 4) is 0 Å². The Labute approximate surface area is 109 Å². The predicted octanol–water partition coefficient (Wildman–Crippen LogP) is 3.64. The van der Waals surface area contributed by atoms with E-state index in [0.29, 0.717) is 5.41 Å². The van der Waals surface area contributed by atoms with Crippen LogP contribution in [-0.4, -0.2) is 13.1 Å². The largest absolute Gasteiger partial charge is 0.316 e. The minimum atomic E-state index is -0.129. The number of halogens is 1. The molecule has 2 saturated carbocycles. The van der Waals surface area contributed by atoms with Crippen LogP contribution in [0.1, 0.15) is 44.6 Å². The molecular weight excluding hydrogens is 225 g/mol. The maximum atomic E-state index is 13.1. The first-order valence-electron chi connectivity index (χ1n) is 7.15. The summed E-state index contributed by atoms with van der Waals surface area (Å²) >= 11 is 0. The normalized spacial score (nSPS) is 22.8. The molecule has 2 aliphatic carbocycles. The topological polar surface area (TPSA) is 12.0 Å². The summed E-state index contributed by atoms with van der Waals surface area (Å²) in [5, 5.41) is 3.56. The van der Waals surface area contributed by atoms with Gasteiger partial charge in [0.15, 0.2) is 0 Å². The summed E-state index contributed by atoms with van der Waals surface area (Å²) in [6, 6.07) is 7.18. The van der Waals surface area contributed by atoms with E-state index in [1.807, 2.05) is 12.1 Å². The monoisotopic (exact) mass is 247 g/mol. The maximum absolute atomic E-state index is 13.1. The third-order valence-corrected chi connectivity index (χ3v) is 4.73. The van der Waals surface area contributed by atoms with Gasteiger partial charge in [0, 0.05) is 12.0 Å². The second-order valence-electron chi connectivity index (χ2n) is 6.32. The van der Waals surface area contributed by atoms with Crippen LogP contribution < -0.4 is 5.32 Å². The molecule has 2 aliphatic rings. The fourth-order valence-corrected chi connectivity index (χ4v) is 3.65. The number of benzene rings is 1. The number of nitrogens with one attached hydrogen (secondary N) is 1. The molecule has 98 valence electrons. The molecule has 3 rings (SSSR count). The fraction of sp³-hybridized carbons (Fsp3) is 0.625. The summed E-state index contributed by atoms with van der Waals surface area (Å²) in [6.45, 7) is 4.32. The van der Waals surface area contributed by atoms with Crippen molar-refractivity contribution in [2.24, 2.45) is 5.41 Å². The molecule has 1 aromatic rings. The van der Waals surface area contributed by atoms with E-state index < -0.39 is 0 Å². The minimum Gasteiger partial charge on any atom is -0.316 e. The number of hydrogen-bond acceptors (Lipinski definition) is 1. The van der Waals surface area contributed by atoms with Gasteiger partial charge in [0.1, 0.15) is 5.82 Å². The number of rotatable bonds is 5. The average Bonchev–Trinajstić information content (AvgIpc) is 3.09. The van der Waals surface area contributed by atoms with Crippen LogP contribution in [0, 0.1) is 11.2 Å². The molecule has 2 fully saturated rings. The average molecular weight is 247 g/mol. The van der Waals surface area contributed by atoms with E-state index in [-0.39, 0.29) is 11.2 Å². The highest BCUT2D eigenvalue weighted by Crippen LogP contribution is 2.68. The van der Waals surface area contributed by atoms with Gasteiger partial charge in [-0.25, -0.2) is 4.39 Å². The summed E-state index contributed by atoms with van der Waals surface area (Å²) in [5.41, 5.74) is 2.27. The first-order chi connectivity index (χ1) is 8.68. The molecule has 0 unspecified atom stereocenters. The van der Waals surface area contributed by atoms with Gasteiger partial charge in [-0.05, 0) is 61.8 Å². The lowest BCUT2D eigenvalue weighted by Crippen LogP contribution is -2.49. The van der Waals surface area contributed by atoms with Crippen molar-refractivity contribution in [2.75, 3.05) is 13.1 Å². The molecule has 0 radical (unpaired) electrons. The third-order valence-electron chi connectivity index (χ3n) is 4.73. The molecule has 0 heterocycles. The van der Waals surface area contributed by atoms with E-state index in [0.717, 1.165) is 13.1 Å². The highest BCUT2D eigenvalue weighted by Gasteiger charge is 2.60. The molecule has 0 saturated heterocycles. The lowest BCUT2D eigenvalue weighted by molar-refractivity contribution is 0.116. The van der Waals surface area contributed by atoms with Crippen LogP contribution in [0.3, 0.4) is 0 Å². The van der Waals surface area contributed by atoms with Crippen molar-refractivity contribution in [3.05, 3.63) is 35.6 Å². The van der Waals surface area contributed by atoms with Gasteiger partial charge in [0.25, 0.3) is 0 Å².